The molecule has 1 heterocycles. The summed E-state index contributed by atoms with van der Waals surface area (Å²) in [5, 5.41) is 3.21. The summed E-state index contributed by atoms with van der Waals surface area (Å²) in [6, 6.07) is 8.13. The summed E-state index contributed by atoms with van der Waals surface area (Å²) in [5.41, 5.74) is 1.16. The van der Waals surface area contributed by atoms with E-state index in [1.807, 2.05) is 31.2 Å². The number of hydrogen-bond donors (Lipinski definition) is 1. The number of benzene rings is 1. The number of nitrogens with one attached hydrogen (secondary N) is 1. The van der Waals surface area contributed by atoms with Crippen LogP contribution in [0.15, 0.2) is 24.3 Å². The highest BCUT2D eigenvalue weighted by Gasteiger charge is 2.05. The van der Waals surface area contributed by atoms with Crippen molar-refractivity contribution in [3.63, 3.8) is 0 Å². The number of ether oxygens (including phenoxy) is 2. The van der Waals surface area contributed by atoms with E-state index in [0.717, 1.165) is 17.7 Å². The lowest BCUT2D eigenvalue weighted by atomic mass is 10.1. The normalized spacial score (nSPS) is 10.2. The smallest absolute Gasteiger partial charge is 0.322 e. The molecule has 2 aromatic rings. The van der Waals surface area contributed by atoms with Crippen LogP contribution >= 0.6 is 11.6 Å². The van der Waals surface area contributed by atoms with Crippen LogP contribution in [0.5, 0.6) is 11.8 Å². The highest BCUT2D eigenvalue weighted by molar-refractivity contribution is 6.28. The van der Waals surface area contributed by atoms with Gasteiger partial charge in [0.2, 0.25) is 11.2 Å². The highest BCUT2D eigenvalue weighted by Crippen LogP contribution is 2.14. The van der Waals surface area contributed by atoms with E-state index in [9.17, 15) is 0 Å². The minimum atomic E-state index is 0.109. The van der Waals surface area contributed by atoms with Gasteiger partial charge in [-0.05, 0) is 42.6 Å². The summed E-state index contributed by atoms with van der Waals surface area (Å²) >= 11 is 5.82. The number of anilines is 1. The molecule has 6 nitrogen and oxygen atoms in total. The molecule has 21 heavy (non-hydrogen) atoms. The zero-order valence-electron chi connectivity index (χ0n) is 12.0. The average molecular weight is 309 g/mol. The Labute approximate surface area is 128 Å². The van der Waals surface area contributed by atoms with Crippen LogP contribution in [-0.2, 0) is 6.42 Å². The van der Waals surface area contributed by atoms with Crippen LogP contribution in [0, 0.1) is 0 Å². The number of aromatic nitrogens is 3. The maximum atomic E-state index is 5.82. The highest BCUT2D eigenvalue weighted by atomic mass is 35.5. The van der Waals surface area contributed by atoms with Crippen molar-refractivity contribution in [1.29, 1.82) is 0 Å². The maximum absolute atomic E-state index is 5.82. The van der Waals surface area contributed by atoms with Gasteiger partial charge in [0, 0.05) is 6.54 Å². The lowest BCUT2D eigenvalue weighted by molar-refractivity contribution is 0.312. The van der Waals surface area contributed by atoms with Gasteiger partial charge in [-0.1, -0.05) is 12.1 Å². The first-order chi connectivity index (χ1) is 10.2. The Bertz CT molecular complexity index is 595. The molecular formula is C14H17ClN4O2. The van der Waals surface area contributed by atoms with Crippen LogP contribution in [-0.4, -0.2) is 35.2 Å². The first-order valence-corrected chi connectivity index (χ1v) is 7.00. The molecule has 0 radical (unpaired) electrons. The summed E-state index contributed by atoms with van der Waals surface area (Å²) in [7, 11) is 1.65. The van der Waals surface area contributed by atoms with E-state index in [4.69, 9.17) is 21.1 Å². The van der Waals surface area contributed by atoms with Crippen molar-refractivity contribution >= 4 is 17.5 Å². The monoisotopic (exact) mass is 308 g/mol. The number of methoxy groups -OCH3 is 1. The molecule has 0 saturated heterocycles. The molecule has 0 aliphatic rings. The van der Waals surface area contributed by atoms with E-state index in [0.29, 0.717) is 19.1 Å². The first-order valence-electron chi connectivity index (χ1n) is 6.62. The van der Waals surface area contributed by atoms with E-state index >= 15 is 0 Å². The largest absolute Gasteiger partial charge is 0.497 e. The van der Waals surface area contributed by atoms with Gasteiger partial charge in [-0.3, -0.25) is 0 Å². The molecule has 1 N–H and O–H groups in total. The zero-order valence-corrected chi connectivity index (χ0v) is 12.7. The topological polar surface area (TPSA) is 69.2 Å². The molecule has 0 aliphatic heterocycles. The molecule has 0 amide bonds. The second-order valence-corrected chi connectivity index (χ2v) is 4.51. The van der Waals surface area contributed by atoms with Gasteiger partial charge in [-0.25, -0.2) is 0 Å². The van der Waals surface area contributed by atoms with Crippen molar-refractivity contribution in [3.05, 3.63) is 35.1 Å². The summed E-state index contributed by atoms with van der Waals surface area (Å²) in [6.07, 6.45) is 0.810. The van der Waals surface area contributed by atoms with E-state index in [1.165, 1.54) is 0 Å². The fraction of sp³-hybridized carbons (Fsp3) is 0.357. The van der Waals surface area contributed by atoms with Gasteiger partial charge < -0.3 is 14.8 Å². The molecule has 0 fully saturated rings. The SMILES string of the molecule is CCOc1nc(Cl)nc(NCCc2cccc(OC)c2)n1. The zero-order chi connectivity index (χ0) is 15.1. The van der Waals surface area contributed by atoms with Crippen molar-refractivity contribution in [2.75, 3.05) is 25.6 Å². The molecule has 0 saturated carbocycles. The van der Waals surface area contributed by atoms with E-state index in [-0.39, 0.29) is 11.3 Å². The molecule has 0 spiro atoms. The Morgan fingerprint density at radius 1 is 1.24 bits per heavy atom. The van der Waals surface area contributed by atoms with Crippen LogP contribution in [0.1, 0.15) is 12.5 Å². The minimum Gasteiger partial charge on any atom is -0.497 e. The molecule has 7 heteroatoms. The molecule has 1 aromatic carbocycles. The van der Waals surface area contributed by atoms with Crippen LogP contribution in [0.3, 0.4) is 0 Å². The third kappa shape index (κ3) is 4.75. The van der Waals surface area contributed by atoms with Gasteiger partial charge in [0.1, 0.15) is 5.75 Å². The van der Waals surface area contributed by atoms with E-state index < -0.39 is 0 Å². The van der Waals surface area contributed by atoms with Crippen LogP contribution in [0.25, 0.3) is 0 Å². The average Bonchev–Trinajstić information content (AvgIpc) is 2.47. The molecular weight excluding hydrogens is 292 g/mol. The number of hydrogen-bond acceptors (Lipinski definition) is 6. The predicted octanol–water partition coefficient (Wildman–Crippen LogP) is 2.59. The Morgan fingerprint density at radius 3 is 2.86 bits per heavy atom. The summed E-state index contributed by atoms with van der Waals surface area (Å²) in [4.78, 5) is 12.0. The first kappa shape index (κ1) is 15.3. The van der Waals surface area contributed by atoms with Gasteiger partial charge >= 0.3 is 6.01 Å². The van der Waals surface area contributed by atoms with E-state index in [2.05, 4.69) is 20.3 Å². The van der Waals surface area contributed by atoms with Crippen LogP contribution < -0.4 is 14.8 Å². The standard InChI is InChI=1S/C14H17ClN4O2/c1-3-21-14-18-12(15)17-13(19-14)16-8-7-10-5-4-6-11(9-10)20-2/h4-6,9H,3,7-8H2,1-2H3,(H,16,17,18,19). The van der Waals surface area contributed by atoms with Gasteiger partial charge in [-0.2, -0.15) is 15.0 Å². The lowest BCUT2D eigenvalue weighted by Crippen LogP contribution is -2.10. The van der Waals surface area contributed by atoms with Crippen LogP contribution in [0.4, 0.5) is 5.95 Å². The summed E-state index contributed by atoms with van der Waals surface area (Å²) in [6.45, 7) is 3.00. The predicted molar refractivity (Wildman–Crippen MR) is 81.2 cm³/mol. The fourth-order valence-electron chi connectivity index (χ4n) is 1.75. The van der Waals surface area contributed by atoms with Gasteiger partial charge in [-0.15, -0.1) is 0 Å². The van der Waals surface area contributed by atoms with Crippen molar-refractivity contribution < 1.29 is 9.47 Å². The number of rotatable bonds is 7. The molecule has 112 valence electrons. The quantitative estimate of drug-likeness (QED) is 0.848. The third-order valence-corrected chi connectivity index (χ3v) is 2.86. The maximum Gasteiger partial charge on any atom is 0.322 e. The third-order valence-electron chi connectivity index (χ3n) is 2.69. The Morgan fingerprint density at radius 2 is 2.10 bits per heavy atom. The summed E-state index contributed by atoms with van der Waals surface area (Å²) < 4.78 is 10.4. The second kappa shape index (κ2) is 7.64. The van der Waals surface area contributed by atoms with Gasteiger partial charge in [0.25, 0.3) is 0 Å². The lowest BCUT2D eigenvalue weighted by Gasteiger charge is -2.07. The Hall–Kier alpha value is -2.08. The van der Waals surface area contributed by atoms with E-state index in [1.54, 1.807) is 7.11 Å². The van der Waals surface area contributed by atoms with Crippen molar-refractivity contribution in [2.24, 2.45) is 0 Å². The molecule has 0 aliphatic carbocycles. The van der Waals surface area contributed by atoms with Crippen molar-refractivity contribution in [2.45, 2.75) is 13.3 Å². The second-order valence-electron chi connectivity index (χ2n) is 4.17. The Kier molecular flexibility index (Phi) is 5.57. The summed E-state index contributed by atoms with van der Waals surface area (Å²) in [5.74, 6) is 1.25. The van der Waals surface area contributed by atoms with Crippen LogP contribution in [0.2, 0.25) is 5.28 Å². The Balaban J connectivity index is 1.93. The molecule has 2 rings (SSSR count). The van der Waals surface area contributed by atoms with Crippen molar-refractivity contribution in [1.82, 2.24) is 15.0 Å². The number of halogens is 1. The van der Waals surface area contributed by atoms with Crippen molar-refractivity contribution in [3.8, 4) is 11.8 Å². The number of nitrogens with zero attached hydrogens (tertiary/aromatic N) is 3. The molecule has 1 aromatic heterocycles. The molecule has 0 atom stereocenters. The molecule has 0 bridgehead atoms. The fourth-order valence-corrected chi connectivity index (χ4v) is 1.90. The molecule has 0 unspecified atom stereocenters. The van der Waals surface area contributed by atoms with Gasteiger partial charge in [0.05, 0.1) is 13.7 Å². The van der Waals surface area contributed by atoms with Gasteiger partial charge in [0.15, 0.2) is 0 Å². The minimum absolute atomic E-state index is 0.109.